The molecule has 4 rings (SSSR count). The summed E-state index contributed by atoms with van der Waals surface area (Å²) in [6, 6.07) is 9.20. The van der Waals surface area contributed by atoms with Crippen LogP contribution in [0.25, 0.3) is 11.8 Å². The molecule has 2 aromatic carbocycles. The number of H-pyrrole nitrogens is 1. The second kappa shape index (κ2) is 9.32. The molecule has 194 valence electrons. The van der Waals surface area contributed by atoms with Crippen molar-refractivity contribution in [2.24, 2.45) is 5.92 Å². The highest BCUT2D eigenvalue weighted by atomic mass is 32.2. The van der Waals surface area contributed by atoms with E-state index < -0.39 is 49.4 Å². The van der Waals surface area contributed by atoms with Gasteiger partial charge in [0.05, 0.1) is 21.2 Å². The second-order valence-corrected chi connectivity index (χ2v) is 10.6. The van der Waals surface area contributed by atoms with Crippen LogP contribution in [0.15, 0.2) is 69.2 Å². The number of rotatable bonds is 7. The highest BCUT2D eigenvalue weighted by Gasteiger charge is 2.39. The molecule has 1 fully saturated rings. The van der Waals surface area contributed by atoms with E-state index in [1.54, 1.807) is 0 Å². The number of aromatic nitrogens is 2. The molecule has 0 saturated carbocycles. The smallest absolute Gasteiger partial charge is 0.294 e. The minimum Gasteiger partial charge on any atom is -0.493 e. The number of carbonyl (C=O) groups is 2. The third kappa shape index (κ3) is 5.17. The van der Waals surface area contributed by atoms with Crippen LogP contribution in [0.2, 0.25) is 0 Å². The molecule has 1 aromatic heterocycles. The minimum absolute atomic E-state index is 0.141. The van der Waals surface area contributed by atoms with E-state index in [9.17, 15) is 36.3 Å². The molecule has 1 saturated heterocycles. The van der Waals surface area contributed by atoms with Gasteiger partial charge in [-0.05, 0) is 61.0 Å². The predicted octanol–water partition coefficient (Wildman–Crippen LogP) is 0.462. The maximum absolute atomic E-state index is 12.7. The normalized spacial score (nSPS) is 16.5. The minimum atomic E-state index is -4.43. The van der Waals surface area contributed by atoms with Gasteiger partial charge in [-0.15, -0.1) is 0 Å². The van der Waals surface area contributed by atoms with Crippen LogP contribution in [-0.4, -0.2) is 52.6 Å². The number of nitrogens with one attached hydrogen (secondary N) is 2. The Hall–Kier alpha value is -4.25. The molecule has 37 heavy (non-hydrogen) atoms. The molecule has 2 amide bonds. The second-order valence-electron chi connectivity index (χ2n) is 7.79. The standard InChI is InChI=1S/C21H18N4O10S2/c26-18-16(20(28)24(22-18)12-4-8-14(9-5-12)36(30,31)32)2-1-3-17-19(27)23-25(21(17)29)13-6-10-15(11-7-13)37(33,34)35/h1-2,4-11,17,28H,3H2,(H,22,26)(H,23,27)(H,30,31,32)(H,33,34,35)/b2-1+. The fourth-order valence-corrected chi connectivity index (χ4v) is 4.50. The van der Waals surface area contributed by atoms with Crippen molar-refractivity contribution in [2.75, 3.05) is 5.01 Å². The third-order valence-electron chi connectivity index (χ3n) is 5.41. The molecule has 14 nitrogen and oxygen atoms in total. The summed E-state index contributed by atoms with van der Waals surface area (Å²) in [7, 11) is -8.86. The van der Waals surface area contributed by atoms with Crippen molar-refractivity contribution in [3.8, 4) is 11.6 Å². The van der Waals surface area contributed by atoms with Gasteiger partial charge in [-0.3, -0.25) is 34.0 Å². The first kappa shape index (κ1) is 25.8. The predicted molar refractivity (Wildman–Crippen MR) is 127 cm³/mol. The number of aromatic hydroxyl groups is 1. The van der Waals surface area contributed by atoms with Crippen LogP contribution >= 0.6 is 0 Å². The van der Waals surface area contributed by atoms with E-state index in [-0.39, 0.29) is 33.2 Å². The molecule has 2 heterocycles. The number of carbonyl (C=O) groups excluding carboxylic acids is 2. The lowest BCUT2D eigenvalue weighted by molar-refractivity contribution is -0.127. The van der Waals surface area contributed by atoms with Crippen molar-refractivity contribution in [3.05, 3.63) is 70.5 Å². The Balaban J connectivity index is 1.50. The van der Waals surface area contributed by atoms with Crippen molar-refractivity contribution in [3.63, 3.8) is 0 Å². The van der Waals surface area contributed by atoms with E-state index in [1.807, 2.05) is 0 Å². The zero-order valence-electron chi connectivity index (χ0n) is 18.5. The van der Waals surface area contributed by atoms with Crippen LogP contribution in [0, 0.1) is 5.92 Å². The van der Waals surface area contributed by atoms with E-state index in [2.05, 4.69) is 10.5 Å². The summed E-state index contributed by atoms with van der Waals surface area (Å²) in [6.45, 7) is 0. The quantitative estimate of drug-likeness (QED) is 0.202. The number of hydrogen-bond donors (Lipinski definition) is 5. The van der Waals surface area contributed by atoms with E-state index in [0.29, 0.717) is 0 Å². The number of aromatic amines is 1. The Morgan fingerprint density at radius 3 is 1.86 bits per heavy atom. The summed E-state index contributed by atoms with van der Waals surface area (Å²) in [5, 5.41) is 13.7. The first-order valence-electron chi connectivity index (χ1n) is 10.3. The fraction of sp³-hybridized carbons (Fsp3) is 0.0952. The Morgan fingerprint density at radius 1 is 0.838 bits per heavy atom. The van der Waals surface area contributed by atoms with E-state index >= 15 is 0 Å². The molecule has 0 radical (unpaired) electrons. The Kier molecular flexibility index (Phi) is 6.51. The summed E-state index contributed by atoms with van der Waals surface area (Å²) in [4.78, 5) is 36.6. The van der Waals surface area contributed by atoms with Crippen molar-refractivity contribution >= 4 is 43.8 Å². The van der Waals surface area contributed by atoms with Crippen LogP contribution in [0.3, 0.4) is 0 Å². The van der Waals surface area contributed by atoms with Gasteiger partial charge in [0.15, 0.2) is 0 Å². The fourth-order valence-electron chi connectivity index (χ4n) is 3.54. The first-order valence-corrected chi connectivity index (χ1v) is 13.2. The zero-order chi connectivity index (χ0) is 27.1. The number of amides is 2. The van der Waals surface area contributed by atoms with Gasteiger partial charge in [-0.1, -0.05) is 6.08 Å². The number of benzene rings is 2. The molecule has 5 N–H and O–H groups in total. The summed E-state index contributed by atoms with van der Waals surface area (Å²) in [5.41, 5.74) is 1.79. The highest BCUT2D eigenvalue weighted by molar-refractivity contribution is 7.86. The van der Waals surface area contributed by atoms with Gasteiger partial charge in [0, 0.05) is 0 Å². The van der Waals surface area contributed by atoms with E-state index in [1.165, 1.54) is 36.4 Å². The molecule has 0 bridgehead atoms. The lowest BCUT2D eigenvalue weighted by Gasteiger charge is -2.15. The summed E-state index contributed by atoms with van der Waals surface area (Å²) >= 11 is 0. The molecule has 0 aliphatic carbocycles. The van der Waals surface area contributed by atoms with Crippen LogP contribution in [0.4, 0.5) is 5.69 Å². The Morgan fingerprint density at radius 2 is 1.35 bits per heavy atom. The van der Waals surface area contributed by atoms with Crippen LogP contribution in [0.1, 0.15) is 12.0 Å². The van der Waals surface area contributed by atoms with Gasteiger partial charge in [0.25, 0.3) is 37.6 Å². The Bertz CT molecular complexity index is 1690. The van der Waals surface area contributed by atoms with Gasteiger partial charge < -0.3 is 5.11 Å². The number of nitrogens with zero attached hydrogens (tertiary/aromatic N) is 2. The van der Waals surface area contributed by atoms with E-state index in [4.69, 9.17) is 9.11 Å². The summed E-state index contributed by atoms with van der Waals surface area (Å²) in [5.74, 6) is -3.00. The molecule has 1 atom stereocenters. The topological polar surface area (TPSA) is 216 Å². The van der Waals surface area contributed by atoms with Gasteiger partial charge >= 0.3 is 0 Å². The van der Waals surface area contributed by atoms with Crippen molar-refractivity contribution in [1.29, 1.82) is 0 Å². The van der Waals surface area contributed by atoms with Gasteiger partial charge in [0.1, 0.15) is 11.5 Å². The molecular weight excluding hydrogens is 532 g/mol. The largest absolute Gasteiger partial charge is 0.493 e. The van der Waals surface area contributed by atoms with Crippen LogP contribution in [0.5, 0.6) is 5.88 Å². The molecular formula is C21H18N4O10S2. The lowest BCUT2D eigenvalue weighted by atomic mass is 10.0. The monoisotopic (exact) mass is 550 g/mol. The number of hydrazine groups is 1. The van der Waals surface area contributed by atoms with Gasteiger partial charge in [-0.2, -0.15) is 16.8 Å². The van der Waals surface area contributed by atoms with Crippen molar-refractivity contribution < 1.29 is 40.6 Å². The maximum atomic E-state index is 12.7. The lowest BCUT2D eigenvalue weighted by Crippen LogP contribution is -2.35. The molecule has 1 aliphatic heterocycles. The molecule has 1 aliphatic rings. The average molecular weight is 551 g/mol. The zero-order valence-corrected chi connectivity index (χ0v) is 20.1. The van der Waals surface area contributed by atoms with Crippen LogP contribution in [-0.2, 0) is 29.8 Å². The molecule has 3 aromatic rings. The van der Waals surface area contributed by atoms with Crippen LogP contribution < -0.4 is 16.0 Å². The number of anilines is 1. The average Bonchev–Trinajstić information content (AvgIpc) is 3.28. The molecule has 16 heteroatoms. The molecule has 0 spiro atoms. The number of allylic oxidation sites excluding steroid dienone is 1. The highest BCUT2D eigenvalue weighted by Crippen LogP contribution is 2.25. The van der Waals surface area contributed by atoms with Crippen molar-refractivity contribution in [2.45, 2.75) is 16.2 Å². The number of hydrogen-bond acceptors (Lipinski definition) is 8. The van der Waals surface area contributed by atoms with Crippen molar-refractivity contribution in [1.82, 2.24) is 15.2 Å². The van der Waals surface area contributed by atoms with Gasteiger partial charge in [0.2, 0.25) is 5.88 Å². The molecule has 1 unspecified atom stereocenters. The SMILES string of the molecule is O=C1NN(c2ccc(S(=O)(=O)O)cc2)C(=O)C1C/C=C/c1c(O)n(-c2ccc(S(=O)(=O)O)cc2)[nH]c1=O. The summed E-state index contributed by atoms with van der Waals surface area (Å²) < 4.78 is 63.8. The Labute approximate surface area is 208 Å². The van der Waals surface area contributed by atoms with E-state index in [0.717, 1.165) is 34.0 Å². The third-order valence-corrected chi connectivity index (χ3v) is 7.15. The summed E-state index contributed by atoms with van der Waals surface area (Å²) in [6.07, 6.45) is 2.40. The van der Waals surface area contributed by atoms with Gasteiger partial charge in [-0.25, -0.2) is 9.69 Å². The maximum Gasteiger partial charge on any atom is 0.294 e. The first-order chi connectivity index (χ1) is 17.3.